The Hall–Kier alpha value is -3.67. The Kier molecular flexibility index (Phi) is 6.45. The first-order valence-electron chi connectivity index (χ1n) is 11.2. The zero-order valence-electron chi connectivity index (χ0n) is 19.3. The van der Waals surface area contributed by atoms with Gasteiger partial charge in [-0.1, -0.05) is 25.1 Å². The van der Waals surface area contributed by atoms with Crippen molar-refractivity contribution in [2.24, 2.45) is 5.92 Å². The van der Waals surface area contributed by atoms with Gasteiger partial charge in [0.25, 0.3) is 0 Å². The molecule has 0 fully saturated rings. The van der Waals surface area contributed by atoms with Crippen molar-refractivity contribution in [3.8, 4) is 5.75 Å². The van der Waals surface area contributed by atoms with E-state index in [0.29, 0.717) is 18.8 Å². The first-order valence-corrected chi connectivity index (χ1v) is 11.2. The maximum absolute atomic E-state index is 10.9. The van der Waals surface area contributed by atoms with Crippen molar-refractivity contribution in [3.63, 3.8) is 0 Å². The number of pyridine rings is 2. The predicted octanol–water partition coefficient (Wildman–Crippen LogP) is 5.26. The molecule has 0 saturated carbocycles. The van der Waals surface area contributed by atoms with Crippen molar-refractivity contribution in [3.05, 3.63) is 70.9 Å². The molecule has 1 unspecified atom stereocenters. The third-order valence-corrected chi connectivity index (χ3v) is 6.11. The fourth-order valence-corrected chi connectivity index (χ4v) is 3.99. The lowest BCUT2D eigenvalue weighted by Crippen LogP contribution is -2.13. The third-order valence-electron chi connectivity index (χ3n) is 6.11. The SMILES string of the molecule is Cc1ccc2c(c1)nc(N)c1ncc(CCc3ccc(OCCC(C)C(=O)O)cc3C)cc12. The average Bonchev–Trinajstić information content (AvgIpc) is 2.78. The lowest BCUT2D eigenvalue weighted by Gasteiger charge is -2.12. The standard InChI is InChI=1S/C27H29N3O3/c1-16-4-9-22-23-14-19(15-29-25(23)26(28)30-24(22)12-16)5-6-20-7-8-21(13-18(20)3)33-11-10-17(2)27(31)32/h4,7-9,12-15,17H,5-6,10-11H2,1-3H3,(H2,28,30)(H,31,32). The number of anilines is 1. The molecular weight excluding hydrogens is 414 g/mol. The number of nitrogens with two attached hydrogens (primary N) is 1. The Morgan fingerprint density at radius 3 is 2.67 bits per heavy atom. The molecule has 0 aliphatic carbocycles. The van der Waals surface area contributed by atoms with Crippen LogP contribution in [-0.4, -0.2) is 27.7 Å². The Labute approximate surface area is 193 Å². The van der Waals surface area contributed by atoms with E-state index in [-0.39, 0.29) is 0 Å². The maximum Gasteiger partial charge on any atom is 0.306 e. The van der Waals surface area contributed by atoms with Gasteiger partial charge < -0.3 is 15.6 Å². The molecule has 6 nitrogen and oxygen atoms in total. The van der Waals surface area contributed by atoms with Gasteiger partial charge in [0.2, 0.25) is 0 Å². The number of aliphatic carboxylic acids is 1. The molecule has 0 aliphatic rings. The number of fused-ring (bicyclic) bond motifs is 3. The van der Waals surface area contributed by atoms with Crippen LogP contribution in [0.3, 0.4) is 0 Å². The molecule has 0 amide bonds. The van der Waals surface area contributed by atoms with Gasteiger partial charge in [-0.05, 0) is 79.6 Å². The number of aryl methyl sites for hydroxylation is 4. The van der Waals surface area contributed by atoms with Gasteiger partial charge in [0.1, 0.15) is 11.3 Å². The van der Waals surface area contributed by atoms with Gasteiger partial charge in [-0.15, -0.1) is 0 Å². The molecule has 4 rings (SSSR count). The van der Waals surface area contributed by atoms with E-state index in [4.69, 9.17) is 15.6 Å². The van der Waals surface area contributed by atoms with Crippen LogP contribution in [0.2, 0.25) is 0 Å². The Morgan fingerprint density at radius 1 is 1.09 bits per heavy atom. The van der Waals surface area contributed by atoms with Crippen LogP contribution in [-0.2, 0) is 17.6 Å². The van der Waals surface area contributed by atoms with Crippen molar-refractivity contribution >= 4 is 33.6 Å². The average molecular weight is 444 g/mol. The van der Waals surface area contributed by atoms with Gasteiger partial charge in [-0.25, -0.2) is 4.98 Å². The first kappa shape index (κ1) is 22.5. The molecule has 2 aromatic heterocycles. The van der Waals surface area contributed by atoms with E-state index < -0.39 is 11.9 Å². The van der Waals surface area contributed by atoms with Crippen LogP contribution in [0, 0.1) is 19.8 Å². The van der Waals surface area contributed by atoms with E-state index in [9.17, 15) is 4.79 Å². The summed E-state index contributed by atoms with van der Waals surface area (Å²) in [6, 6.07) is 14.4. The molecule has 33 heavy (non-hydrogen) atoms. The molecule has 3 N–H and O–H groups in total. The van der Waals surface area contributed by atoms with Crippen LogP contribution < -0.4 is 10.5 Å². The summed E-state index contributed by atoms with van der Waals surface area (Å²) in [4.78, 5) is 20.1. The van der Waals surface area contributed by atoms with Crippen molar-refractivity contribution < 1.29 is 14.6 Å². The summed E-state index contributed by atoms with van der Waals surface area (Å²) in [5.41, 5.74) is 12.5. The number of nitrogens with zero attached hydrogens (tertiary/aromatic N) is 2. The lowest BCUT2D eigenvalue weighted by atomic mass is 9.99. The number of carboxylic acid groups (broad SMARTS) is 1. The molecule has 6 heteroatoms. The molecule has 0 spiro atoms. The normalized spacial score (nSPS) is 12.2. The minimum Gasteiger partial charge on any atom is -0.494 e. The van der Waals surface area contributed by atoms with E-state index in [0.717, 1.165) is 57.1 Å². The number of rotatable bonds is 8. The lowest BCUT2D eigenvalue weighted by molar-refractivity contribution is -0.141. The number of hydrogen-bond donors (Lipinski definition) is 2. The van der Waals surface area contributed by atoms with Crippen molar-refractivity contribution in [1.29, 1.82) is 0 Å². The fourth-order valence-electron chi connectivity index (χ4n) is 3.99. The van der Waals surface area contributed by atoms with Crippen LogP contribution in [0.5, 0.6) is 5.75 Å². The van der Waals surface area contributed by atoms with Crippen molar-refractivity contribution in [1.82, 2.24) is 9.97 Å². The molecule has 0 aliphatic heterocycles. The van der Waals surface area contributed by atoms with E-state index in [1.54, 1.807) is 6.92 Å². The predicted molar refractivity (Wildman–Crippen MR) is 132 cm³/mol. The van der Waals surface area contributed by atoms with E-state index in [1.807, 2.05) is 31.3 Å². The number of nitrogen functional groups attached to an aromatic ring is 1. The summed E-state index contributed by atoms with van der Waals surface area (Å²) in [6.07, 6.45) is 4.11. The number of carboxylic acids is 1. The number of carbonyl (C=O) groups is 1. The number of ether oxygens (including phenoxy) is 1. The highest BCUT2D eigenvalue weighted by atomic mass is 16.5. The largest absolute Gasteiger partial charge is 0.494 e. The molecule has 4 aromatic rings. The minimum atomic E-state index is -0.796. The van der Waals surface area contributed by atoms with Crippen molar-refractivity contribution in [2.75, 3.05) is 12.3 Å². The molecule has 0 bridgehead atoms. The van der Waals surface area contributed by atoms with Crippen LogP contribution in [0.15, 0.2) is 48.7 Å². The summed E-state index contributed by atoms with van der Waals surface area (Å²) in [5.74, 6) is 0.0216. The van der Waals surface area contributed by atoms with E-state index in [2.05, 4.69) is 41.2 Å². The third kappa shape index (κ3) is 5.06. The maximum atomic E-state index is 10.9. The second kappa shape index (κ2) is 9.45. The molecule has 1 atom stereocenters. The Bertz CT molecular complexity index is 1330. The van der Waals surface area contributed by atoms with Gasteiger partial charge in [0, 0.05) is 17.0 Å². The molecule has 0 saturated heterocycles. The Balaban J connectivity index is 1.48. The smallest absolute Gasteiger partial charge is 0.306 e. The molecular formula is C27H29N3O3. The molecule has 2 heterocycles. The Morgan fingerprint density at radius 2 is 1.91 bits per heavy atom. The highest BCUT2D eigenvalue weighted by Gasteiger charge is 2.12. The summed E-state index contributed by atoms with van der Waals surface area (Å²) in [6.45, 7) is 6.20. The van der Waals surface area contributed by atoms with Crippen LogP contribution in [0.4, 0.5) is 5.82 Å². The zero-order chi connectivity index (χ0) is 23.5. The summed E-state index contributed by atoms with van der Waals surface area (Å²) in [7, 11) is 0. The van der Waals surface area contributed by atoms with E-state index >= 15 is 0 Å². The number of hydrogen-bond acceptors (Lipinski definition) is 5. The highest BCUT2D eigenvalue weighted by molar-refractivity contribution is 6.08. The van der Waals surface area contributed by atoms with E-state index in [1.165, 1.54) is 5.56 Å². The summed E-state index contributed by atoms with van der Waals surface area (Å²) >= 11 is 0. The second-order valence-electron chi connectivity index (χ2n) is 8.72. The topological polar surface area (TPSA) is 98.3 Å². The highest BCUT2D eigenvalue weighted by Crippen LogP contribution is 2.28. The fraction of sp³-hybridized carbons (Fsp3) is 0.296. The zero-order valence-corrected chi connectivity index (χ0v) is 19.3. The minimum absolute atomic E-state index is 0.389. The summed E-state index contributed by atoms with van der Waals surface area (Å²) < 4.78 is 5.74. The molecule has 170 valence electrons. The van der Waals surface area contributed by atoms with Crippen LogP contribution in [0.25, 0.3) is 21.8 Å². The molecule has 2 aromatic carbocycles. The van der Waals surface area contributed by atoms with Gasteiger partial charge in [0.05, 0.1) is 18.0 Å². The number of benzene rings is 2. The quantitative estimate of drug-likeness (QED) is 0.361. The van der Waals surface area contributed by atoms with Gasteiger partial charge >= 0.3 is 5.97 Å². The van der Waals surface area contributed by atoms with Crippen LogP contribution in [0.1, 0.15) is 35.6 Å². The van der Waals surface area contributed by atoms with Crippen molar-refractivity contribution in [2.45, 2.75) is 40.0 Å². The monoisotopic (exact) mass is 443 g/mol. The molecule has 0 radical (unpaired) electrons. The van der Waals surface area contributed by atoms with Crippen LogP contribution >= 0.6 is 0 Å². The second-order valence-corrected chi connectivity index (χ2v) is 8.72. The van der Waals surface area contributed by atoms with Gasteiger partial charge in [-0.3, -0.25) is 9.78 Å². The number of aromatic nitrogens is 2. The first-order chi connectivity index (χ1) is 15.8. The summed E-state index contributed by atoms with van der Waals surface area (Å²) in [5, 5.41) is 11.1. The van der Waals surface area contributed by atoms with Gasteiger partial charge in [0.15, 0.2) is 5.82 Å². The van der Waals surface area contributed by atoms with Gasteiger partial charge in [-0.2, -0.15) is 0 Å².